The highest BCUT2D eigenvalue weighted by Crippen LogP contribution is 2.34. The van der Waals surface area contributed by atoms with E-state index in [1.807, 2.05) is 48.5 Å². The minimum Gasteiger partial charge on any atom is -0.367 e. The smallest absolute Gasteiger partial charge is 0.224 e. The predicted molar refractivity (Wildman–Crippen MR) is 115 cm³/mol. The Labute approximate surface area is 169 Å². The Balaban J connectivity index is 1.65. The molecule has 0 bridgehead atoms. The van der Waals surface area contributed by atoms with Crippen LogP contribution in [0.15, 0.2) is 70.6 Å². The van der Waals surface area contributed by atoms with Gasteiger partial charge in [-0.1, -0.05) is 42.5 Å². The van der Waals surface area contributed by atoms with Gasteiger partial charge in [0.05, 0.1) is 10.6 Å². The Morgan fingerprint density at radius 3 is 2.38 bits per heavy atom. The van der Waals surface area contributed by atoms with E-state index in [0.29, 0.717) is 21.2 Å². The summed E-state index contributed by atoms with van der Waals surface area (Å²) in [7, 11) is -1.64. The van der Waals surface area contributed by atoms with Crippen LogP contribution in [0.3, 0.4) is 0 Å². The van der Waals surface area contributed by atoms with E-state index in [1.54, 1.807) is 12.1 Å². The molecule has 0 spiro atoms. The van der Waals surface area contributed by atoms with Crippen LogP contribution in [0, 0.1) is 0 Å². The normalized spacial score (nSPS) is 16.0. The second-order valence-corrected chi connectivity index (χ2v) is 9.35. The van der Waals surface area contributed by atoms with Gasteiger partial charge in [0.25, 0.3) is 0 Å². The third-order valence-electron chi connectivity index (χ3n) is 5.68. The SMILES string of the molecule is CN1CCN(c2cccc3c(S(=O)(=O)c4cccc5ccccc45)[nH]nc23)CC1. The lowest BCUT2D eigenvalue weighted by molar-refractivity contribution is 0.313. The number of nitrogens with zero attached hydrogens (tertiary/aromatic N) is 3. The van der Waals surface area contributed by atoms with E-state index < -0.39 is 9.84 Å². The fourth-order valence-electron chi connectivity index (χ4n) is 4.05. The van der Waals surface area contributed by atoms with Gasteiger partial charge in [0.1, 0.15) is 5.52 Å². The average molecular weight is 407 g/mol. The van der Waals surface area contributed by atoms with E-state index in [2.05, 4.69) is 27.0 Å². The van der Waals surface area contributed by atoms with E-state index in [-0.39, 0.29) is 5.03 Å². The Morgan fingerprint density at radius 2 is 1.55 bits per heavy atom. The maximum Gasteiger partial charge on any atom is 0.224 e. The number of nitrogens with one attached hydrogen (secondary N) is 1. The molecule has 2 heterocycles. The first-order valence-electron chi connectivity index (χ1n) is 9.69. The van der Waals surface area contributed by atoms with Gasteiger partial charge < -0.3 is 9.80 Å². The van der Waals surface area contributed by atoms with Gasteiger partial charge in [-0.05, 0) is 30.6 Å². The number of hydrogen-bond donors (Lipinski definition) is 1. The Morgan fingerprint density at radius 1 is 0.862 bits per heavy atom. The van der Waals surface area contributed by atoms with Crippen molar-refractivity contribution in [1.29, 1.82) is 0 Å². The van der Waals surface area contributed by atoms with Crippen LogP contribution >= 0.6 is 0 Å². The van der Waals surface area contributed by atoms with E-state index in [4.69, 9.17) is 0 Å². The maximum atomic E-state index is 13.6. The van der Waals surface area contributed by atoms with Gasteiger partial charge in [0, 0.05) is 37.0 Å². The largest absolute Gasteiger partial charge is 0.367 e. The van der Waals surface area contributed by atoms with Crippen LogP contribution in [0.25, 0.3) is 21.7 Å². The zero-order valence-electron chi connectivity index (χ0n) is 16.2. The molecule has 0 atom stereocenters. The third-order valence-corrected chi connectivity index (χ3v) is 7.46. The predicted octanol–water partition coefficient (Wildman–Crippen LogP) is 3.30. The zero-order chi connectivity index (χ0) is 20.0. The number of likely N-dealkylation sites (N-methyl/N-ethyl adjacent to an activating group) is 1. The monoisotopic (exact) mass is 406 g/mol. The van der Waals surface area contributed by atoms with Crippen LogP contribution in [0.1, 0.15) is 0 Å². The molecule has 5 rings (SSSR count). The molecule has 29 heavy (non-hydrogen) atoms. The molecule has 4 aromatic rings. The molecule has 1 aromatic heterocycles. The van der Waals surface area contributed by atoms with Crippen molar-refractivity contribution < 1.29 is 8.42 Å². The Bertz CT molecular complexity index is 1300. The van der Waals surface area contributed by atoms with Crippen LogP contribution in [0.4, 0.5) is 5.69 Å². The Hall–Kier alpha value is -2.90. The quantitative estimate of drug-likeness (QED) is 0.565. The highest BCUT2D eigenvalue weighted by Gasteiger charge is 2.27. The van der Waals surface area contributed by atoms with Gasteiger partial charge >= 0.3 is 0 Å². The molecule has 0 radical (unpaired) electrons. The number of para-hydroxylation sites is 1. The number of sulfone groups is 1. The molecule has 0 unspecified atom stereocenters. The molecule has 1 fully saturated rings. The maximum absolute atomic E-state index is 13.6. The van der Waals surface area contributed by atoms with Crippen molar-refractivity contribution in [2.75, 3.05) is 38.1 Å². The van der Waals surface area contributed by atoms with Crippen LogP contribution in [0.2, 0.25) is 0 Å². The number of fused-ring (bicyclic) bond motifs is 2. The van der Waals surface area contributed by atoms with Crippen molar-refractivity contribution in [3.05, 3.63) is 60.7 Å². The molecule has 148 valence electrons. The number of aromatic amines is 1. The molecule has 0 saturated carbocycles. The summed E-state index contributed by atoms with van der Waals surface area (Å²) >= 11 is 0. The topological polar surface area (TPSA) is 69.3 Å². The number of piperazine rings is 1. The molecule has 6 nitrogen and oxygen atoms in total. The summed E-state index contributed by atoms with van der Waals surface area (Å²) < 4.78 is 27.1. The van der Waals surface area contributed by atoms with Crippen molar-refractivity contribution in [2.24, 2.45) is 0 Å². The molecule has 1 N–H and O–H groups in total. The van der Waals surface area contributed by atoms with Gasteiger partial charge in [0.2, 0.25) is 9.84 Å². The molecule has 1 aliphatic rings. The summed E-state index contributed by atoms with van der Waals surface area (Å²) in [5, 5.41) is 9.66. The molecule has 3 aromatic carbocycles. The van der Waals surface area contributed by atoms with Crippen LogP contribution in [0.5, 0.6) is 0 Å². The van der Waals surface area contributed by atoms with Crippen molar-refractivity contribution >= 4 is 37.2 Å². The second-order valence-electron chi connectivity index (χ2n) is 7.50. The first-order valence-corrected chi connectivity index (χ1v) is 11.2. The lowest BCUT2D eigenvalue weighted by Gasteiger charge is -2.34. The van der Waals surface area contributed by atoms with Crippen LogP contribution in [-0.4, -0.2) is 56.7 Å². The minimum absolute atomic E-state index is 0.153. The average Bonchev–Trinajstić information content (AvgIpc) is 3.19. The summed E-state index contributed by atoms with van der Waals surface area (Å²) in [5.41, 5.74) is 1.68. The summed E-state index contributed by atoms with van der Waals surface area (Å²) in [5.74, 6) is 0. The number of rotatable bonds is 3. The number of anilines is 1. The fraction of sp³-hybridized carbons (Fsp3) is 0.227. The standard InChI is InChI=1S/C22H22N4O2S/c1-25-12-14-26(15-13-25)19-10-5-9-18-21(19)23-24-22(18)29(27,28)20-11-4-7-16-6-2-3-8-17(16)20/h2-11H,12-15H2,1H3,(H,23,24). The third kappa shape index (κ3) is 2.97. The lowest BCUT2D eigenvalue weighted by Crippen LogP contribution is -2.44. The van der Waals surface area contributed by atoms with Crippen molar-refractivity contribution in [1.82, 2.24) is 15.1 Å². The van der Waals surface area contributed by atoms with Crippen molar-refractivity contribution in [2.45, 2.75) is 9.92 Å². The van der Waals surface area contributed by atoms with Gasteiger partial charge in [-0.3, -0.25) is 5.10 Å². The second kappa shape index (κ2) is 6.86. The molecule has 0 amide bonds. The van der Waals surface area contributed by atoms with E-state index in [9.17, 15) is 8.42 Å². The van der Waals surface area contributed by atoms with Gasteiger partial charge in [-0.25, -0.2) is 8.42 Å². The fourth-order valence-corrected chi connectivity index (χ4v) is 5.62. The molecule has 1 aliphatic heterocycles. The highest BCUT2D eigenvalue weighted by molar-refractivity contribution is 7.91. The van der Waals surface area contributed by atoms with Crippen molar-refractivity contribution in [3.8, 4) is 0 Å². The highest BCUT2D eigenvalue weighted by atomic mass is 32.2. The first-order chi connectivity index (χ1) is 14.1. The van der Waals surface area contributed by atoms with Crippen LogP contribution in [-0.2, 0) is 9.84 Å². The summed E-state index contributed by atoms with van der Waals surface area (Å²) in [6.45, 7) is 3.74. The van der Waals surface area contributed by atoms with E-state index in [0.717, 1.165) is 37.3 Å². The van der Waals surface area contributed by atoms with Gasteiger partial charge in [0.15, 0.2) is 5.03 Å². The molecule has 1 saturated heterocycles. The first kappa shape index (κ1) is 18.1. The van der Waals surface area contributed by atoms with Crippen molar-refractivity contribution in [3.63, 3.8) is 0 Å². The number of hydrogen-bond acceptors (Lipinski definition) is 5. The zero-order valence-corrected chi connectivity index (χ0v) is 17.0. The number of H-pyrrole nitrogens is 1. The summed E-state index contributed by atoms with van der Waals surface area (Å²) in [6, 6.07) is 18.7. The molecular weight excluding hydrogens is 384 g/mol. The van der Waals surface area contributed by atoms with Gasteiger partial charge in [-0.2, -0.15) is 5.10 Å². The number of benzene rings is 3. The number of aromatic nitrogens is 2. The molecular formula is C22H22N4O2S. The van der Waals surface area contributed by atoms with E-state index in [1.165, 1.54) is 0 Å². The minimum atomic E-state index is -3.75. The van der Waals surface area contributed by atoms with Gasteiger partial charge in [-0.15, -0.1) is 0 Å². The summed E-state index contributed by atoms with van der Waals surface area (Å²) in [4.78, 5) is 4.86. The van der Waals surface area contributed by atoms with E-state index >= 15 is 0 Å². The Kier molecular flexibility index (Phi) is 4.29. The molecule has 7 heteroatoms. The lowest BCUT2D eigenvalue weighted by atomic mass is 10.1. The summed E-state index contributed by atoms with van der Waals surface area (Å²) in [6.07, 6.45) is 0. The molecule has 0 aliphatic carbocycles. The van der Waals surface area contributed by atoms with Crippen LogP contribution < -0.4 is 4.90 Å².